The number of aromatic hydroxyl groups is 1. The molecule has 0 bridgehead atoms. The van der Waals surface area contributed by atoms with Crippen molar-refractivity contribution in [1.29, 1.82) is 0 Å². The van der Waals surface area contributed by atoms with Crippen LogP contribution < -0.4 is 27.4 Å². The van der Waals surface area contributed by atoms with E-state index in [4.69, 9.17) is 11.5 Å². The van der Waals surface area contributed by atoms with E-state index in [0.717, 1.165) is 0 Å². The average molecular weight is 522 g/mol. The molecule has 9 N–H and O–H groups in total. The largest absolute Gasteiger partial charge is 0.508 e. The molecule has 12 heteroatoms. The minimum Gasteiger partial charge on any atom is -0.508 e. The highest BCUT2D eigenvalue weighted by Crippen LogP contribution is 2.14. The highest BCUT2D eigenvalue weighted by Gasteiger charge is 2.33. The van der Waals surface area contributed by atoms with Crippen LogP contribution in [0.2, 0.25) is 0 Å². The van der Waals surface area contributed by atoms with Crippen molar-refractivity contribution in [2.75, 3.05) is 0 Å². The third kappa shape index (κ3) is 10.5. The summed E-state index contributed by atoms with van der Waals surface area (Å²) in [5, 5.41) is 26.6. The van der Waals surface area contributed by atoms with Crippen LogP contribution in [-0.4, -0.2) is 64.0 Å². The van der Waals surface area contributed by atoms with E-state index in [-0.39, 0.29) is 30.9 Å². The summed E-state index contributed by atoms with van der Waals surface area (Å²) >= 11 is 0. The van der Waals surface area contributed by atoms with Crippen LogP contribution in [0.4, 0.5) is 0 Å². The molecular formula is C25H39N5O7. The second-order valence-electron chi connectivity index (χ2n) is 9.48. The molecule has 0 aliphatic carbocycles. The number of aliphatic carboxylic acids is 1. The van der Waals surface area contributed by atoms with Gasteiger partial charge in [0.15, 0.2) is 0 Å². The van der Waals surface area contributed by atoms with Crippen LogP contribution in [-0.2, 0) is 30.4 Å². The van der Waals surface area contributed by atoms with Gasteiger partial charge in [-0.3, -0.25) is 19.2 Å². The van der Waals surface area contributed by atoms with E-state index in [2.05, 4.69) is 16.0 Å². The normalized spacial score (nSPS) is 15.1. The number of hydrogen-bond donors (Lipinski definition) is 7. The number of nitrogens with one attached hydrogen (secondary N) is 3. The number of benzene rings is 1. The summed E-state index contributed by atoms with van der Waals surface area (Å²) < 4.78 is 0. The monoisotopic (exact) mass is 521 g/mol. The SMILES string of the molecule is CCC(C)C(NC(=O)C(Cc1ccc(O)cc1)NC(=O)C(N)C(C)C)C(=O)NC(CCC(N)=O)C(=O)O. The fraction of sp³-hybridized carbons (Fsp3) is 0.560. The summed E-state index contributed by atoms with van der Waals surface area (Å²) in [6.07, 6.45) is 0.0805. The Morgan fingerprint density at radius 3 is 1.95 bits per heavy atom. The highest BCUT2D eigenvalue weighted by atomic mass is 16.4. The highest BCUT2D eigenvalue weighted by molar-refractivity contribution is 5.94. The molecule has 5 unspecified atom stereocenters. The molecule has 1 aromatic rings. The predicted octanol–water partition coefficient (Wildman–Crippen LogP) is -0.231. The number of phenols is 1. The van der Waals surface area contributed by atoms with E-state index < -0.39 is 59.7 Å². The Bertz CT molecular complexity index is 951. The Morgan fingerprint density at radius 2 is 1.46 bits per heavy atom. The van der Waals surface area contributed by atoms with Gasteiger partial charge in [0.1, 0.15) is 23.9 Å². The second-order valence-corrected chi connectivity index (χ2v) is 9.48. The second kappa shape index (κ2) is 14.8. The van der Waals surface area contributed by atoms with Crippen molar-refractivity contribution >= 4 is 29.6 Å². The lowest BCUT2D eigenvalue weighted by Gasteiger charge is -2.28. The first kappa shape index (κ1) is 31.4. The van der Waals surface area contributed by atoms with Gasteiger partial charge in [0.25, 0.3) is 0 Å². The Hall–Kier alpha value is -3.67. The molecule has 0 heterocycles. The first-order valence-corrected chi connectivity index (χ1v) is 12.2. The molecule has 1 aromatic carbocycles. The Balaban J connectivity index is 3.16. The van der Waals surface area contributed by atoms with E-state index in [1.54, 1.807) is 39.8 Å². The molecule has 5 atom stereocenters. The van der Waals surface area contributed by atoms with E-state index in [9.17, 15) is 34.2 Å². The van der Waals surface area contributed by atoms with E-state index in [0.29, 0.717) is 12.0 Å². The molecule has 0 aliphatic rings. The number of nitrogens with two attached hydrogens (primary N) is 2. The van der Waals surface area contributed by atoms with Crippen LogP contribution in [0.15, 0.2) is 24.3 Å². The van der Waals surface area contributed by atoms with Gasteiger partial charge < -0.3 is 37.6 Å². The van der Waals surface area contributed by atoms with E-state index in [1.165, 1.54) is 12.1 Å². The molecule has 0 saturated heterocycles. The fourth-order valence-electron chi connectivity index (χ4n) is 3.41. The minimum absolute atomic E-state index is 0.0356. The molecule has 0 radical (unpaired) electrons. The number of carboxylic acid groups (broad SMARTS) is 1. The number of carbonyl (C=O) groups excluding carboxylic acids is 4. The number of carbonyl (C=O) groups is 5. The first-order chi connectivity index (χ1) is 17.3. The first-order valence-electron chi connectivity index (χ1n) is 12.2. The number of phenolic OH excluding ortho intramolecular Hbond substituents is 1. The Labute approximate surface area is 216 Å². The van der Waals surface area contributed by atoms with E-state index >= 15 is 0 Å². The van der Waals surface area contributed by atoms with Crippen molar-refractivity contribution in [2.45, 2.75) is 77.5 Å². The molecule has 0 fully saturated rings. The van der Waals surface area contributed by atoms with Gasteiger partial charge >= 0.3 is 5.97 Å². The molecule has 0 saturated carbocycles. The van der Waals surface area contributed by atoms with Gasteiger partial charge in [0.05, 0.1) is 6.04 Å². The molecule has 37 heavy (non-hydrogen) atoms. The minimum atomic E-state index is -1.38. The maximum atomic E-state index is 13.3. The molecule has 0 spiro atoms. The molecule has 12 nitrogen and oxygen atoms in total. The topological polar surface area (TPSA) is 214 Å². The van der Waals surface area contributed by atoms with Gasteiger partial charge in [-0.2, -0.15) is 0 Å². The molecular weight excluding hydrogens is 482 g/mol. The third-order valence-corrected chi connectivity index (χ3v) is 6.12. The third-order valence-electron chi connectivity index (χ3n) is 6.12. The van der Waals surface area contributed by atoms with Gasteiger partial charge in [-0.1, -0.05) is 46.2 Å². The zero-order valence-corrected chi connectivity index (χ0v) is 21.7. The lowest BCUT2D eigenvalue weighted by Crippen LogP contribution is -2.59. The quantitative estimate of drug-likeness (QED) is 0.163. The summed E-state index contributed by atoms with van der Waals surface area (Å²) in [6.45, 7) is 7.04. The van der Waals surface area contributed by atoms with Crippen LogP contribution in [0.25, 0.3) is 0 Å². The summed E-state index contributed by atoms with van der Waals surface area (Å²) in [5.74, 6) is -4.55. The van der Waals surface area contributed by atoms with E-state index in [1.807, 2.05) is 0 Å². The van der Waals surface area contributed by atoms with Crippen LogP contribution in [0.3, 0.4) is 0 Å². The molecule has 0 aliphatic heterocycles. The van der Waals surface area contributed by atoms with Gasteiger partial charge in [-0.25, -0.2) is 4.79 Å². The number of hydrogen-bond acceptors (Lipinski definition) is 7. The van der Waals surface area contributed by atoms with Crippen LogP contribution in [0.5, 0.6) is 5.75 Å². The molecule has 1 rings (SSSR count). The van der Waals surface area contributed by atoms with Gasteiger partial charge in [-0.05, 0) is 36.0 Å². The van der Waals surface area contributed by atoms with Crippen LogP contribution in [0.1, 0.15) is 52.5 Å². The molecule has 0 aromatic heterocycles. The lowest BCUT2D eigenvalue weighted by molar-refractivity contribution is -0.143. The average Bonchev–Trinajstić information content (AvgIpc) is 2.84. The molecule has 206 valence electrons. The maximum Gasteiger partial charge on any atom is 0.326 e. The zero-order chi connectivity index (χ0) is 28.3. The van der Waals surface area contributed by atoms with Crippen molar-refractivity contribution < 1.29 is 34.2 Å². The van der Waals surface area contributed by atoms with Crippen LogP contribution in [0, 0.1) is 11.8 Å². The van der Waals surface area contributed by atoms with Gasteiger partial charge in [0.2, 0.25) is 23.6 Å². The van der Waals surface area contributed by atoms with Gasteiger partial charge in [0, 0.05) is 12.8 Å². The van der Waals surface area contributed by atoms with Crippen LogP contribution >= 0.6 is 0 Å². The summed E-state index contributed by atoms with van der Waals surface area (Å²) in [4.78, 5) is 61.7. The summed E-state index contributed by atoms with van der Waals surface area (Å²) in [5.41, 5.74) is 11.7. The summed E-state index contributed by atoms with van der Waals surface area (Å²) in [7, 11) is 0. The number of carboxylic acids is 1. The van der Waals surface area contributed by atoms with Crippen molar-refractivity contribution in [3.8, 4) is 5.75 Å². The number of rotatable bonds is 15. The van der Waals surface area contributed by atoms with Crippen molar-refractivity contribution in [3.05, 3.63) is 29.8 Å². The summed E-state index contributed by atoms with van der Waals surface area (Å²) in [6, 6.07) is 1.61. The number of primary amides is 1. The van der Waals surface area contributed by atoms with Crippen molar-refractivity contribution in [2.24, 2.45) is 23.3 Å². The Kier molecular flexibility index (Phi) is 12.5. The predicted molar refractivity (Wildman–Crippen MR) is 136 cm³/mol. The fourth-order valence-corrected chi connectivity index (χ4v) is 3.41. The number of amides is 4. The van der Waals surface area contributed by atoms with Gasteiger partial charge in [-0.15, -0.1) is 0 Å². The lowest BCUT2D eigenvalue weighted by atomic mass is 9.96. The zero-order valence-electron chi connectivity index (χ0n) is 21.7. The van der Waals surface area contributed by atoms with Crippen molar-refractivity contribution in [3.63, 3.8) is 0 Å². The Morgan fingerprint density at radius 1 is 0.892 bits per heavy atom. The smallest absolute Gasteiger partial charge is 0.326 e. The maximum absolute atomic E-state index is 13.3. The standard InChI is InChI=1S/C25H39N5O7/c1-5-14(4)21(24(35)28-17(25(36)37)10-11-19(26)32)30-22(33)18(29-23(34)20(27)13(2)3)12-15-6-8-16(31)9-7-15/h6-9,13-14,17-18,20-21,31H,5,10-12,27H2,1-4H3,(H2,26,32)(H,28,35)(H,29,34)(H,30,33)(H,36,37). The van der Waals surface area contributed by atoms with Crippen molar-refractivity contribution in [1.82, 2.24) is 16.0 Å². The molecule has 4 amide bonds.